The van der Waals surface area contributed by atoms with E-state index in [0.717, 1.165) is 24.7 Å². The number of carbonyl (C=O) groups is 1. The first-order valence-corrected chi connectivity index (χ1v) is 11.7. The van der Waals surface area contributed by atoms with Gasteiger partial charge in [0.25, 0.3) is 0 Å². The zero-order chi connectivity index (χ0) is 27.2. The fourth-order valence-electron chi connectivity index (χ4n) is 4.30. The Kier molecular flexibility index (Phi) is 6.25. The second kappa shape index (κ2) is 9.43. The Morgan fingerprint density at radius 2 is 2.00 bits per heavy atom. The second-order valence-electron chi connectivity index (χ2n) is 9.04. The average Bonchev–Trinajstić information content (AvgIpc) is 3.68. The SMILES string of the molecule is COc1ncnc(C2CC2)c1C(=[NH2+])C1=C(N)CNC(=O)N(c2ccc(-c3nc(C(F)(F)F)cn3C)cn2)C1. The van der Waals surface area contributed by atoms with E-state index in [1.54, 1.807) is 6.07 Å². The summed E-state index contributed by atoms with van der Waals surface area (Å²) in [7, 11) is 2.95. The number of anilines is 1. The molecule has 11 nitrogen and oxygen atoms in total. The van der Waals surface area contributed by atoms with Crippen molar-refractivity contribution in [2.45, 2.75) is 24.9 Å². The number of ether oxygens (including phenoxy) is 1. The van der Waals surface area contributed by atoms with Crippen molar-refractivity contribution in [2.75, 3.05) is 25.1 Å². The molecule has 0 spiro atoms. The van der Waals surface area contributed by atoms with E-state index in [9.17, 15) is 18.0 Å². The number of carbonyl (C=O) groups excluding carboxylic acids is 1. The number of methoxy groups -OCH3 is 1. The van der Waals surface area contributed by atoms with E-state index in [4.69, 9.17) is 15.9 Å². The quantitative estimate of drug-likeness (QED) is 0.407. The molecule has 2 aliphatic rings. The summed E-state index contributed by atoms with van der Waals surface area (Å²) >= 11 is 0. The number of hydrogen-bond acceptors (Lipinski definition) is 7. The molecule has 1 saturated carbocycles. The highest BCUT2D eigenvalue weighted by Gasteiger charge is 2.37. The van der Waals surface area contributed by atoms with Gasteiger partial charge in [0, 0.05) is 36.6 Å². The number of halogens is 3. The molecule has 0 saturated heterocycles. The summed E-state index contributed by atoms with van der Waals surface area (Å²) in [5, 5.41) is 9.37. The lowest BCUT2D eigenvalue weighted by molar-refractivity contribution is -0.140. The second-order valence-corrected chi connectivity index (χ2v) is 9.04. The summed E-state index contributed by atoms with van der Waals surface area (Å²) < 4.78 is 46.0. The topological polar surface area (TPSA) is 150 Å². The lowest BCUT2D eigenvalue weighted by Crippen LogP contribution is -2.46. The minimum absolute atomic E-state index is 0.0152. The Balaban J connectivity index is 1.46. The zero-order valence-electron chi connectivity index (χ0n) is 20.6. The maximum absolute atomic E-state index is 13.1. The molecule has 3 aromatic heterocycles. The minimum atomic E-state index is -4.57. The molecule has 14 heteroatoms. The number of nitrogens with zero attached hydrogens (tertiary/aromatic N) is 6. The van der Waals surface area contributed by atoms with Crippen LogP contribution in [0.15, 0.2) is 42.1 Å². The number of pyridine rings is 1. The van der Waals surface area contributed by atoms with E-state index in [0.29, 0.717) is 34.0 Å². The van der Waals surface area contributed by atoms with Gasteiger partial charge in [-0.15, -0.1) is 0 Å². The van der Waals surface area contributed by atoms with Crippen molar-refractivity contribution in [3.63, 3.8) is 0 Å². The van der Waals surface area contributed by atoms with E-state index < -0.39 is 17.9 Å². The summed E-state index contributed by atoms with van der Waals surface area (Å²) in [6.45, 7) is 0.0321. The molecule has 3 aromatic rings. The number of rotatable bonds is 6. The maximum atomic E-state index is 13.1. The van der Waals surface area contributed by atoms with Gasteiger partial charge in [0.1, 0.15) is 23.5 Å². The van der Waals surface area contributed by atoms with E-state index in [-0.39, 0.29) is 30.6 Å². The van der Waals surface area contributed by atoms with Gasteiger partial charge in [-0.2, -0.15) is 13.2 Å². The number of urea groups is 1. The molecule has 0 atom stereocenters. The van der Waals surface area contributed by atoms with Crippen LogP contribution in [0.4, 0.5) is 23.8 Å². The Morgan fingerprint density at radius 3 is 2.61 bits per heavy atom. The third-order valence-electron chi connectivity index (χ3n) is 6.42. The molecule has 1 fully saturated rings. The third kappa shape index (κ3) is 4.64. The van der Waals surface area contributed by atoms with Gasteiger partial charge in [0.2, 0.25) is 11.6 Å². The van der Waals surface area contributed by atoms with Gasteiger partial charge in [-0.3, -0.25) is 10.3 Å². The predicted octanol–water partition coefficient (Wildman–Crippen LogP) is 1.17. The molecule has 0 aromatic carbocycles. The molecule has 5 N–H and O–H groups in total. The van der Waals surface area contributed by atoms with Gasteiger partial charge in [-0.1, -0.05) is 0 Å². The molecule has 198 valence electrons. The van der Waals surface area contributed by atoms with Crippen molar-refractivity contribution in [1.82, 2.24) is 29.8 Å². The van der Waals surface area contributed by atoms with Gasteiger partial charge in [-0.05, 0) is 25.0 Å². The highest BCUT2D eigenvalue weighted by atomic mass is 19.4. The highest BCUT2D eigenvalue weighted by molar-refractivity contribution is 6.13. The largest absolute Gasteiger partial charge is 0.480 e. The van der Waals surface area contributed by atoms with Crippen molar-refractivity contribution >= 4 is 17.6 Å². The molecule has 5 rings (SSSR count). The normalized spacial score (nSPS) is 16.3. The van der Waals surface area contributed by atoms with Crippen LogP contribution in [0.25, 0.3) is 11.4 Å². The van der Waals surface area contributed by atoms with Crippen molar-refractivity contribution in [1.29, 1.82) is 0 Å². The standard InChI is InChI=1S/C24H24F3N9O2/c1-35-10-16(24(25,26)27)34-21(35)13-5-6-17(30-7-13)36-9-14(15(28)8-31-23(36)37)19(29)18-20(12-3-4-12)32-11-33-22(18)38-2/h5-7,10-12,29H,3-4,8-9,28H2,1-2H3,(H,31,37)/p+1. The molecule has 38 heavy (non-hydrogen) atoms. The molecule has 1 aliphatic carbocycles. The van der Waals surface area contributed by atoms with Gasteiger partial charge in [-0.25, -0.2) is 24.7 Å². The molecule has 0 unspecified atom stereocenters. The first-order valence-electron chi connectivity index (χ1n) is 11.7. The molecular formula is C24H25F3N9O2+. The van der Waals surface area contributed by atoms with Crippen LogP contribution >= 0.6 is 0 Å². The molecule has 0 radical (unpaired) electrons. The van der Waals surface area contributed by atoms with Crippen LogP contribution in [0.3, 0.4) is 0 Å². The van der Waals surface area contributed by atoms with E-state index >= 15 is 0 Å². The monoisotopic (exact) mass is 528 g/mol. The highest BCUT2D eigenvalue weighted by Crippen LogP contribution is 2.42. The van der Waals surface area contributed by atoms with E-state index in [1.165, 1.54) is 42.2 Å². The summed E-state index contributed by atoms with van der Waals surface area (Å²) in [5.74, 6) is 0.880. The summed E-state index contributed by atoms with van der Waals surface area (Å²) in [5.41, 5.74) is 8.14. The van der Waals surface area contributed by atoms with E-state index in [2.05, 4.69) is 25.3 Å². The first kappa shape index (κ1) is 25.2. The lowest BCUT2D eigenvalue weighted by Gasteiger charge is -2.21. The number of imidazole rings is 1. The van der Waals surface area contributed by atoms with Crippen LogP contribution in [0.1, 0.15) is 35.7 Å². The fraction of sp³-hybridized carbons (Fsp3) is 0.333. The van der Waals surface area contributed by atoms with Gasteiger partial charge in [0.05, 0.1) is 31.5 Å². The van der Waals surface area contributed by atoms with Crippen LogP contribution in [0, 0.1) is 0 Å². The average molecular weight is 529 g/mol. The maximum Gasteiger partial charge on any atom is 0.434 e. The predicted molar refractivity (Wildman–Crippen MR) is 130 cm³/mol. The number of amides is 2. The Morgan fingerprint density at radius 1 is 1.24 bits per heavy atom. The molecule has 2 amide bonds. The third-order valence-corrected chi connectivity index (χ3v) is 6.42. The number of aromatic nitrogens is 5. The smallest absolute Gasteiger partial charge is 0.434 e. The minimum Gasteiger partial charge on any atom is -0.480 e. The molecule has 0 bridgehead atoms. The Bertz CT molecular complexity index is 1440. The number of nitrogens with one attached hydrogen (secondary N) is 1. The molecular weight excluding hydrogens is 503 g/mol. The van der Waals surface area contributed by atoms with Crippen LogP contribution in [0.2, 0.25) is 0 Å². The Labute approximate surface area is 215 Å². The lowest BCUT2D eigenvalue weighted by atomic mass is 9.97. The summed E-state index contributed by atoms with van der Waals surface area (Å²) in [6, 6.07) is 2.60. The molecule has 4 heterocycles. The Hall–Kier alpha value is -4.49. The van der Waals surface area contributed by atoms with Crippen molar-refractivity contribution in [3.8, 4) is 17.3 Å². The van der Waals surface area contributed by atoms with Crippen LogP contribution in [0.5, 0.6) is 5.88 Å². The van der Waals surface area contributed by atoms with Gasteiger partial charge in [0.15, 0.2) is 5.69 Å². The van der Waals surface area contributed by atoms with Gasteiger partial charge < -0.3 is 20.4 Å². The fourth-order valence-corrected chi connectivity index (χ4v) is 4.30. The van der Waals surface area contributed by atoms with Gasteiger partial charge >= 0.3 is 12.2 Å². The van der Waals surface area contributed by atoms with E-state index in [1.807, 2.05) is 0 Å². The summed E-state index contributed by atoms with van der Waals surface area (Å²) in [4.78, 5) is 30.9. The number of alkyl halides is 3. The number of aryl methyl sites for hydroxylation is 1. The molecule has 1 aliphatic heterocycles. The van der Waals surface area contributed by atoms with Crippen molar-refractivity contribution < 1.29 is 28.1 Å². The van der Waals surface area contributed by atoms with Crippen LogP contribution in [-0.2, 0) is 13.2 Å². The number of nitrogens with two attached hydrogens (primary N) is 2. The van der Waals surface area contributed by atoms with Crippen LogP contribution in [-0.4, -0.2) is 56.4 Å². The van der Waals surface area contributed by atoms with Crippen molar-refractivity contribution in [2.24, 2.45) is 12.8 Å². The van der Waals surface area contributed by atoms with Crippen LogP contribution < -0.4 is 26.1 Å². The zero-order valence-corrected chi connectivity index (χ0v) is 20.6. The summed E-state index contributed by atoms with van der Waals surface area (Å²) in [6.07, 6.45) is 1.06. The first-order chi connectivity index (χ1) is 18.1. The number of hydrogen-bond donors (Lipinski definition) is 3. The van der Waals surface area contributed by atoms with Crippen molar-refractivity contribution in [3.05, 3.63) is 59.1 Å².